The van der Waals surface area contributed by atoms with Gasteiger partial charge >= 0.3 is 0 Å². The summed E-state index contributed by atoms with van der Waals surface area (Å²) in [7, 11) is 0. The molecule has 0 saturated carbocycles. The van der Waals surface area contributed by atoms with Gasteiger partial charge in [-0.2, -0.15) is 10.5 Å². The highest BCUT2D eigenvalue weighted by molar-refractivity contribution is 6.35. The van der Waals surface area contributed by atoms with E-state index in [2.05, 4.69) is 28.2 Å². The van der Waals surface area contributed by atoms with Gasteiger partial charge in [-0.25, -0.2) is 9.97 Å². The standard InChI is InChI=1S/C19H13Cl2N3.C19H14ClN3/c20-18-6-5-16(19(21)10-18)9-17(12-24-8-7-23-13-24)15-3-1-14(11-22)2-4-15;20-19-7-3-15(4-8-19)11-18(13-23-10-9-22-14-23)17-5-1-16(12-21)2-6-17/h1-10,13H,12H2;1-11,14H,13H2/b17-9+;18-11+. The predicted molar refractivity (Wildman–Crippen MR) is 190 cm³/mol. The van der Waals surface area contributed by atoms with Crippen molar-refractivity contribution in [1.82, 2.24) is 19.1 Å². The molecule has 0 fully saturated rings. The van der Waals surface area contributed by atoms with Gasteiger partial charge in [0.15, 0.2) is 0 Å². The van der Waals surface area contributed by atoms with Crippen LogP contribution in [-0.4, -0.2) is 19.1 Å². The summed E-state index contributed by atoms with van der Waals surface area (Å²) in [4.78, 5) is 8.17. The van der Waals surface area contributed by atoms with Crippen molar-refractivity contribution in [2.45, 2.75) is 13.1 Å². The van der Waals surface area contributed by atoms with Gasteiger partial charge in [0.05, 0.1) is 35.9 Å². The van der Waals surface area contributed by atoms with Crippen molar-refractivity contribution in [1.29, 1.82) is 10.5 Å². The summed E-state index contributed by atoms with van der Waals surface area (Å²) >= 11 is 18.2. The van der Waals surface area contributed by atoms with Crippen LogP contribution < -0.4 is 0 Å². The van der Waals surface area contributed by atoms with Crippen LogP contribution in [0.3, 0.4) is 0 Å². The Morgan fingerprint density at radius 3 is 1.55 bits per heavy atom. The van der Waals surface area contributed by atoms with Gasteiger partial charge < -0.3 is 9.13 Å². The van der Waals surface area contributed by atoms with Crippen molar-refractivity contribution < 1.29 is 0 Å². The van der Waals surface area contributed by atoms with E-state index in [0.717, 1.165) is 38.4 Å². The molecule has 0 saturated heterocycles. The van der Waals surface area contributed by atoms with E-state index >= 15 is 0 Å². The fourth-order valence-electron chi connectivity index (χ4n) is 4.68. The third-order valence-electron chi connectivity index (χ3n) is 7.10. The number of hydrogen-bond acceptors (Lipinski definition) is 4. The maximum Gasteiger partial charge on any atom is 0.0991 e. The molecule has 0 amide bonds. The number of halogens is 3. The van der Waals surface area contributed by atoms with Gasteiger partial charge in [0.25, 0.3) is 0 Å². The second-order valence-corrected chi connectivity index (χ2v) is 11.7. The Morgan fingerprint density at radius 1 is 0.617 bits per heavy atom. The van der Waals surface area contributed by atoms with Gasteiger partial charge in [-0.3, -0.25) is 0 Å². The van der Waals surface area contributed by atoms with Gasteiger partial charge in [0.1, 0.15) is 0 Å². The maximum atomic E-state index is 8.97. The van der Waals surface area contributed by atoms with E-state index < -0.39 is 0 Å². The number of allylic oxidation sites excluding steroid dienone is 2. The average molecular weight is 674 g/mol. The fraction of sp³-hybridized carbons (Fsp3) is 0.0526. The van der Waals surface area contributed by atoms with Crippen LogP contribution in [0, 0.1) is 22.7 Å². The van der Waals surface area contributed by atoms with Gasteiger partial charge in [0.2, 0.25) is 0 Å². The zero-order chi connectivity index (χ0) is 33.0. The Balaban J connectivity index is 0.000000185. The molecule has 0 atom stereocenters. The second-order valence-electron chi connectivity index (χ2n) is 10.4. The molecule has 47 heavy (non-hydrogen) atoms. The van der Waals surface area contributed by atoms with E-state index in [4.69, 9.17) is 45.3 Å². The zero-order valence-electron chi connectivity index (χ0n) is 25.0. The Labute approximate surface area is 288 Å². The molecule has 6 nitrogen and oxygen atoms in total. The van der Waals surface area contributed by atoms with Crippen LogP contribution >= 0.6 is 34.8 Å². The van der Waals surface area contributed by atoms with Crippen molar-refractivity contribution in [3.63, 3.8) is 0 Å². The van der Waals surface area contributed by atoms with Crippen molar-refractivity contribution in [2.75, 3.05) is 0 Å². The summed E-state index contributed by atoms with van der Waals surface area (Å²) in [6.07, 6.45) is 15.0. The molecule has 6 aromatic rings. The molecule has 0 aliphatic carbocycles. The molecule has 4 aromatic carbocycles. The summed E-state index contributed by atoms with van der Waals surface area (Å²) in [5.41, 5.74) is 7.54. The Bertz CT molecular complexity index is 2050. The number of rotatable bonds is 8. The number of imidazole rings is 2. The van der Waals surface area contributed by atoms with Gasteiger partial charge in [0, 0.05) is 52.9 Å². The van der Waals surface area contributed by atoms with Crippen molar-refractivity contribution in [3.05, 3.63) is 177 Å². The minimum atomic E-state index is 0.597. The highest BCUT2D eigenvalue weighted by atomic mass is 35.5. The first-order valence-corrected chi connectivity index (χ1v) is 15.6. The summed E-state index contributed by atoms with van der Waals surface area (Å²) in [6.45, 7) is 1.35. The van der Waals surface area contributed by atoms with E-state index in [1.807, 2.05) is 100 Å². The number of benzene rings is 4. The summed E-state index contributed by atoms with van der Waals surface area (Å²) in [5.74, 6) is 0. The molecule has 0 aliphatic rings. The molecule has 0 aliphatic heterocycles. The monoisotopic (exact) mass is 672 g/mol. The average Bonchev–Trinajstić information content (AvgIpc) is 3.82. The molecule has 0 bridgehead atoms. The molecule has 0 unspecified atom stereocenters. The van der Waals surface area contributed by atoms with Crippen LogP contribution in [0.1, 0.15) is 33.4 Å². The van der Waals surface area contributed by atoms with Crippen LogP contribution in [0.25, 0.3) is 23.3 Å². The van der Waals surface area contributed by atoms with Crippen LogP contribution in [0.2, 0.25) is 15.1 Å². The molecule has 6 rings (SSSR count). The number of nitriles is 2. The molecular weight excluding hydrogens is 647 g/mol. The second kappa shape index (κ2) is 16.3. The minimum Gasteiger partial charge on any atom is -0.333 e. The SMILES string of the molecule is N#Cc1ccc(/C(=C/c2ccc(Cl)cc2)Cn2ccnc2)cc1.N#Cc1ccc(/C(=C/c2ccc(Cl)cc2Cl)Cn2ccnc2)cc1. The van der Waals surface area contributed by atoms with Gasteiger partial charge in [-0.1, -0.05) is 77.3 Å². The Hall–Kier alpha value is -5.37. The quantitative estimate of drug-likeness (QED) is 0.151. The molecule has 0 radical (unpaired) electrons. The normalized spacial score (nSPS) is 11.3. The van der Waals surface area contributed by atoms with Crippen molar-refractivity contribution in [3.8, 4) is 12.1 Å². The molecule has 230 valence electrons. The minimum absolute atomic E-state index is 0.597. The van der Waals surface area contributed by atoms with E-state index in [0.29, 0.717) is 34.3 Å². The molecule has 9 heteroatoms. The summed E-state index contributed by atoms with van der Waals surface area (Å²) in [5, 5.41) is 19.8. The molecular formula is C38H27Cl3N6. The summed E-state index contributed by atoms with van der Waals surface area (Å²) < 4.78 is 3.99. The van der Waals surface area contributed by atoms with Crippen LogP contribution in [0.15, 0.2) is 128 Å². The lowest BCUT2D eigenvalue weighted by Crippen LogP contribution is -1.98. The summed E-state index contributed by atoms with van der Waals surface area (Å²) in [6, 6.07) is 32.5. The smallest absolute Gasteiger partial charge is 0.0991 e. The van der Waals surface area contributed by atoms with Crippen LogP contribution in [0.4, 0.5) is 0 Å². The maximum absolute atomic E-state index is 8.97. The predicted octanol–water partition coefficient (Wildman–Crippen LogP) is 9.95. The number of hydrogen-bond donors (Lipinski definition) is 0. The first-order valence-electron chi connectivity index (χ1n) is 14.4. The van der Waals surface area contributed by atoms with Crippen LogP contribution in [0.5, 0.6) is 0 Å². The van der Waals surface area contributed by atoms with Gasteiger partial charge in [-0.05, 0) is 94.1 Å². The molecule has 0 N–H and O–H groups in total. The highest BCUT2D eigenvalue weighted by Gasteiger charge is 2.07. The van der Waals surface area contributed by atoms with E-state index in [-0.39, 0.29) is 0 Å². The van der Waals surface area contributed by atoms with Crippen molar-refractivity contribution >= 4 is 58.1 Å². The third kappa shape index (κ3) is 9.56. The van der Waals surface area contributed by atoms with E-state index in [1.165, 1.54) is 0 Å². The Kier molecular flexibility index (Phi) is 11.4. The number of aromatic nitrogens is 4. The topological polar surface area (TPSA) is 83.2 Å². The van der Waals surface area contributed by atoms with Crippen molar-refractivity contribution in [2.24, 2.45) is 0 Å². The molecule has 2 heterocycles. The van der Waals surface area contributed by atoms with E-state index in [1.54, 1.807) is 43.2 Å². The fourth-order valence-corrected chi connectivity index (χ4v) is 5.27. The number of nitrogens with zero attached hydrogens (tertiary/aromatic N) is 6. The highest BCUT2D eigenvalue weighted by Crippen LogP contribution is 2.27. The lowest BCUT2D eigenvalue weighted by Gasteiger charge is -2.10. The largest absolute Gasteiger partial charge is 0.333 e. The Morgan fingerprint density at radius 2 is 1.11 bits per heavy atom. The van der Waals surface area contributed by atoms with Gasteiger partial charge in [-0.15, -0.1) is 0 Å². The molecule has 2 aromatic heterocycles. The molecule has 0 spiro atoms. The van der Waals surface area contributed by atoms with Crippen LogP contribution in [-0.2, 0) is 13.1 Å². The first-order chi connectivity index (χ1) is 22.9. The lowest BCUT2D eigenvalue weighted by atomic mass is 10.0. The third-order valence-corrected chi connectivity index (χ3v) is 7.91. The zero-order valence-corrected chi connectivity index (χ0v) is 27.3. The first kappa shape index (κ1) is 33.0. The van der Waals surface area contributed by atoms with E-state index in [9.17, 15) is 0 Å². The lowest BCUT2D eigenvalue weighted by molar-refractivity contribution is 0.836.